The van der Waals surface area contributed by atoms with Gasteiger partial charge in [-0.25, -0.2) is 4.98 Å². The monoisotopic (exact) mass is 611 g/mol. The van der Waals surface area contributed by atoms with Crippen molar-refractivity contribution in [1.29, 1.82) is 0 Å². The van der Waals surface area contributed by atoms with Crippen molar-refractivity contribution in [2.24, 2.45) is 0 Å². The van der Waals surface area contributed by atoms with Crippen LogP contribution < -0.4 is 5.56 Å². The van der Waals surface area contributed by atoms with E-state index in [-0.39, 0.29) is 24.2 Å². The van der Waals surface area contributed by atoms with Crippen LogP contribution in [0.4, 0.5) is 13.2 Å². The SMILES string of the molecule is O=C([C@H](O)c1cccc(C(F)(F)F)c1)N1CCCc2nc(C3(c4cc(C#CC5(O)CCCCC5)cs4)CC3)[nH]c(=O)c2C1. The van der Waals surface area contributed by atoms with Gasteiger partial charge >= 0.3 is 6.18 Å². The highest BCUT2D eigenvalue weighted by molar-refractivity contribution is 7.10. The predicted molar refractivity (Wildman–Crippen MR) is 154 cm³/mol. The number of aliphatic hydroxyl groups excluding tert-OH is 1. The molecule has 1 aliphatic heterocycles. The van der Waals surface area contributed by atoms with E-state index in [0.717, 1.165) is 60.7 Å². The molecule has 3 aromatic rings. The van der Waals surface area contributed by atoms with Crippen molar-refractivity contribution in [3.63, 3.8) is 0 Å². The fourth-order valence-corrected chi connectivity index (χ4v) is 7.17. The number of aryl methyl sites for hydroxylation is 1. The average Bonchev–Trinajstić information content (AvgIpc) is 3.71. The van der Waals surface area contributed by atoms with Crippen LogP contribution in [0.5, 0.6) is 0 Å². The Morgan fingerprint density at radius 2 is 1.88 bits per heavy atom. The molecule has 1 atom stereocenters. The lowest BCUT2D eigenvalue weighted by atomic mass is 9.85. The van der Waals surface area contributed by atoms with Crippen LogP contribution in [0.3, 0.4) is 0 Å². The zero-order chi connectivity index (χ0) is 30.4. The number of halogens is 3. The molecule has 1 aromatic carbocycles. The third-order valence-corrected chi connectivity index (χ3v) is 9.90. The highest BCUT2D eigenvalue weighted by atomic mass is 32.1. The Balaban J connectivity index is 1.21. The summed E-state index contributed by atoms with van der Waals surface area (Å²) >= 11 is 1.56. The molecule has 2 aliphatic carbocycles. The fraction of sp³-hybridized carbons (Fsp3) is 0.469. The van der Waals surface area contributed by atoms with Gasteiger partial charge in [-0.2, -0.15) is 13.2 Å². The quantitative estimate of drug-likeness (QED) is 0.361. The second-order valence-corrected chi connectivity index (χ2v) is 12.8. The van der Waals surface area contributed by atoms with Gasteiger partial charge in [0.15, 0.2) is 6.10 Å². The molecular formula is C32H32F3N3O4S. The Hall–Kier alpha value is -3.46. The van der Waals surface area contributed by atoms with Crippen LogP contribution in [0, 0.1) is 11.8 Å². The minimum atomic E-state index is -4.61. The van der Waals surface area contributed by atoms with Crippen LogP contribution in [-0.2, 0) is 29.4 Å². The lowest BCUT2D eigenvalue weighted by Gasteiger charge is -2.26. The first-order chi connectivity index (χ1) is 20.5. The molecule has 3 heterocycles. The normalized spacial score (nSPS) is 19.9. The highest BCUT2D eigenvalue weighted by Gasteiger charge is 2.50. The van der Waals surface area contributed by atoms with Crippen LogP contribution in [0.2, 0.25) is 0 Å². The van der Waals surface area contributed by atoms with Crippen molar-refractivity contribution in [1.82, 2.24) is 14.9 Å². The number of hydrogen-bond acceptors (Lipinski definition) is 6. The zero-order valence-electron chi connectivity index (χ0n) is 23.5. The molecule has 0 unspecified atom stereocenters. The van der Waals surface area contributed by atoms with Crippen molar-refractivity contribution in [2.45, 2.75) is 87.6 Å². The molecule has 0 spiro atoms. The molecule has 0 saturated heterocycles. The molecule has 2 aromatic heterocycles. The lowest BCUT2D eigenvalue weighted by Crippen LogP contribution is -2.36. The molecule has 3 aliphatic rings. The molecule has 226 valence electrons. The zero-order valence-corrected chi connectivity index (χ0v) is 24.3. The Kier molecular flexibility index (Phi) is 7.73. The van der Waals surface area contributed by atoms with E-state index in [1.807, 2.05) is 11.4 Å². The summed E-state index contributed by atoms with van der Waals surface area (Å²) in [5.74, 6) is 6.03. The van der Waals surface area contributed by atoms with E-state index in [0.29, 0.717) is 42.8 Å². The number of benzene rings is 1. The van der Waals surface area contributed by atoms with Crippen molar-refractivity contribution in [3.8, 4) is 11.8 Å². The first-order valence-corrected chi connectivity index (χ1v) is 15.5. The number of nitrogens with one attached hydrogen (secondary N) is 1. The highest BCUT2D eigenvalue weighted by Crippen LogP contribution is 2.54. The first kappa shape index (κ1) is 29.6. The molecule has 1 amide bonds. The number of aromatic nitrogens is 2. The summed E-state index contributed by atoms with van der Waals surface area (Å²) in [4.78, 5) is 36.7. The van der Waals surface area contributed by atoms with Gasteiger partial charge in [0, 0.05) is 22.4 Å². The Bertz CT molecular complexity index is 1660. The van der Waals surface area contributed by atoms with Gasteiger partial charge in [-0.05, 0) is 75.1 Å². The number of aliphatic hydroxyl groups is 2. The van der Waals surface area contributed by atoms with Crippen LogP contribution in [0.25, 0.3) is 0 Å². The molecule has 6 rings (SSSR count). The number of aromatic amines is 1. The topological polar surface area (TPSA) is 107 Å². The van der Waals surface area contributed by atoms with E-state index in [9.17, 15) is 33.0 Å². The van der Waals surface area contributed by atoms with E-state index < -0.39 is 34.8 Å². The smallest absolute Gasteiger partial charge is 0.378 e. The molecule has 2 saturated carbocycles. The number of fused-ring (bicyclic) bond motifs is 1. The molecule has 3 N–H and O–H groups in total. The Morgan fingerprint density at radius 3 is 2.60 bits per heavy atom. The second-order valence-electron chi connectivity index (χ2n) is 11.9. The number of carbonyl (C=O) groups is 1. The van der Waals surface area contributed by atoms with Crippen molar-refractivity contribution < 1.29 is 28.2 Å². The molecule has 7 nitrogen and oxygen atoms in total. The first-order valence-electron chi connectivity index (χ1n) is 14.6. The maximum atomic E-state index is 13.4. The Morgan fingerprint density at radius 1 is 1.12 bits per heavy atom. The molecule has 0 bridgehead atoms. The summed E-state index contributed by atoms with van der Waals surface area (Å²) in [6, 6.07) is 6.09. The Labute approximate surface area is 250 Å². The third kappa shape index (κ3) is 6.01. The molecule has 11 heteroatoms. The summed E-state index contributed by atoms with van der Waals surface area (Å²) in [6.07, 6.45) is 0.626. The molecule has 43 heavy (non-hydrogen) atoms. The van der Waals surface area contributed by atoms with Crippen molar-refractivity contribution >= 4 is 17.2 Å². The number of carbonyl (C=O) groups excluding carboxylic acids is 1. The van der Waals surface area contributed by atoms with Gasteiger partial charge in [0.25, 0.3) is 11.5 Å². The van der Waals surface area contributed by atoms with Gasteiger partial charge < -0.3 is 20.1 Å². The van der Waals surface area contributed by atoms with Gasteiger partial charge in [-0.15, -0.1) is 11.3 Å². The number of H-pyrrole nitrogens is 1. The summed E-state index contributed by atoms with van der Waals surface area (Å²) < 4.78 is 39.5. The van der Waals surface area contributed by atoms with Crippen LogP contribution in [-0.4, -0.2) is 43.1 Å². The largest absolute Gasteiger partial charge is 0.416 e. The molecular weight excluding hydrogens is 579 g/mol. The van der Waals surface area contributed by atoms with E-state index in [1.54, 1.807) is 11.3 Å². The van der Waals surface area contributed by atoms with E-state index >= 15 is 0 Å². The summed E-state index contributed by atoms with van der Waals surface area (Å²) in [5, 5.41) is 23.4. The standard InChI is InChI=1S/C32H32F3N3O4S/c33-32(34,35)22-7-4-6-21(17-22)26(39)28(41)38-15-5-8-24-23(18-38)27(40)37-29(36-24)31(13-14-31)25-16-20(19-43-25)9-12-30(42)10-2-1-3-11-30/h4,6-7,16-17,19,26,39,42H,1-3,5,8,10-11,13-15,18H2,(H,36,37,40)/t26-/m1/s1. The number of amides is 1. The van der Waals surface area contributed by atoms with Gasteiger partial charge in [0.1, 0.15) is 11.4 Å². The van der Waals surface area contributed by atoms with Crippen molar-refractivity contribution in [3.05, 3.63) is 84.7 Å². The summed E-state index contributed by atoms with van der Waals surface area (Å²) in [7, 11) is 0. The lowest BCUT2D eigenvalue weighted by molar-refractivity contribution is -0.142. The summed E-state index contributed by atoms with van der Waals surface area (Å²) in [5.41, 5.74) is -1.08. The number of alkyl halides is 3. The number of rotatable bonds is 4. The van der Waals surface area contributed by atoms with Crippen molar-refractivity contribution in [2.75, 3.05) is 6.54 Å². The maximum Gasteiger partial charge on any atom is 0.416 e. The van der Waals surface area contributed by atoms with Crippen LogP contribution >= 0.6 is 11.3 Å². The van der Waals surface area contributed by atoms with E-state index in [1.165, 1.54) is 11.0 Å². The van der Waals surface area contributed by atoms with Crippen LogP contribution in [0.1, 0.15) is 96.1 Å². The van der Waals surface area contributed by atoms with Crippen LogP contribution in [0.15, 0.2) is 40.5 Å². The minimum Gasteiger partial charge on any atom is -0.378 e. The fourth-order valence-electron chi connectivity index (χ4n) is 6.06. The maximum absolute atomic E-state index is 13.4. The van der Waals surface area contributed by atoms with Gasteiger partial charge in [0.2, 0.25) is 0 Å². The number of thiophene rings is 1. The third-order valence-electron chi connectivity index (χ3n) is 8.76. The molecule has 2 fully saturated rings. The molecule has 0 radical (unpaired) electrons. The van der Waals surface area contributed by atoms with Gasteiger partial charge in [0.05, 0.1) is 28.8 Å². The number of nitrogens with zero attached hydrogens (tertiary/aromatic N) is 2. The minimum absolute atomic E-state index is 0.0958. The number of hydrogen-bond donors (Lipinski definition) is 3. The summed E-state index contributed by atoms with van der Waals surface area (Å²) in [6.45, 7) is 0.131. The van der Waals surface area contributed by atoms with Gasteiger partial charge in [-0.3, -0.25) is 9.59 Å². The average molecular weight is 612 g/mol. The van der Waals surface area contributed by atoms with E-state index in [4.69, 9.17) is 4.98 Å². The predicted octanol–water partition coefficient (Wildman–Crippen LogP) is 4.99. The second kappa shape index (κ2) is 11.2. The van der Waals surface area contributed by atoms with Gasteiger partial charge in [-0.1, -0.05) is 30.4 Å². The van der Waals surface area contributed by atoms with E-state index in [2.05, 4.69) is 16.8 Å².